The van der Waals surface area contributed by atoms with E-state index in [4.69, 9.17) is 5.73 Å². The van der Waals surface area contributed by atoms with Crippen molar-refractivity contribution >= 4 is 39.7 Å². The van der Waals surface area contributed by atoms with Crippen molar-refractivity contribution in [1.29, 1.82) is 0 Å². The van der Waals surface area contributed by atoms with Crippen LogP contribution in [-0.2, 0) is 21.2 Å². The Kier molecular flexibility index (Phi) is 8.72. The lowest BCUT2D eigenvalue weighted by Crippen LogP contribution is -2.37. The van der Waals surface area contributed by atoms with Gasteiger partial charge >= 0.3 is 0 Å². The van der Waals surface area contributed by atoms with Crippen LogP contribution in [0.2, 0.25) is 0 Å². The van der Waals surface area contributed by atoms with Crippen molar-refractivity contribution in [3.8, 4) is 0 Å². The van der Waals surface area contributed by atoms with Crippen LogP contribution in [-0.4, -0.2) is 33.5 Å². The lowest BCUT2D eigenvalue weighted by molar-refractivity contribution is -0.128. The molecule has 1 rings (SSSR count). The van der Waals surface area contributed by atoms with E-state index in [1.54, 1.807) is 19.1 Å². The predicted molar refractivity (Wildman–Crippen MR) is 96.6 cm³/mol. The average Bonchev–Trinajstić information content (AvgIpc) is 2.86. The molecule has 6 nitrogen and oxygen atoms in total. The minimum absolute atomic E-state index is 0. The maximum absolute atomic E-state index is 12.1. The van der Waals surface area contributed by atoms with Crippen LogP contribution in [0, 0.1) is 5.41 Å². The summed E-state index contributed by atoms with van der Waals surface area (Å²) in [5.41, 5.74) is 5.00. The van der Waals surface area contributed by atoms with Crippen molar-refractivity contribution in [2.45, 2.75) is 44.4 Å². The molecule has 0 aliphatic carbocycles. The summed E-state index contributed by atoms with van der Waals surface area (Å²) in [5.74, 6) is -0.0182. The van der Waals surface area contributed by atoms with E-state index in [9.17, 15) is 13.2 Å². The highest BCUT2D eigenvalue weighted by molar-refractivity contribution is 7.91. The van der Waals surface area contributed by atoms with Gasteiger partial charge < -0.3 is 11.1 Å². The Labute approximate surface area is 148 Å². The molecule has 0 aliphatic rings. The zero-order valence-corrected chi connectivity index (χ0v) is 16.3. The van der Waals surface area contributed by atoms with Crippen LogP contribution in [0.4, 0.5) is 0 Å². The maximum atomic E-state index is 12.1. The van der Waals surface area contributed by atoms with E-state index in [-0.39, 0.29) is 35.1 Å². The SMILES string of the molecule is C[C@@H](CN)NS(=O)(=O)c1ccc(CCNC(=O)C(C)(C)C)s1.Cl. The largest absolute Gasteiger partial charge is 0.355 e. The summed E-state index contributed by atoms with van der Waals surface area (Å²) in [6.45, 7) is 8.00. The quantitative estimate of drug-likeness (QED) is 0.664. The van der Waals surface area contributed by atoms with Crippen LogP contribution in [0.5, 0.6) is 0 Å². The lowest BCUT2D eigenvalue weighted by Gasteiger charge is -2.17. The fraction of sp³-hybridized carbons (Fsp3) is 0.643. The molecular formula is C14H26ClN3O3S2. The van der Waals surface area contributed by atoms with Gasteiger partial charge in [-0.3, -0.25) is 4.79 Å². The number of halogens is 1. The highest BCUT2D eigenvalue weighted by atomic mass is 35.5. The second-order valence-corrected chi connectivity index (χ2v) is 9.34. The third kappa shape index (κ3) is 7.17. The molecule has 0 bridgehead atoms. The summed E-state index contributed by atoms with van der Waals surface area (Å²) in [7, 11) is -3.51. The second kappa shape index (κ2) is 8.98. The highest BCUT2D eigenvalue weighted by Crippen LogP contribution is 2.22. The van der Waals surface area contributed by atoms with Gasteiger partial charge in [-0.05, 0) is 25.5 Å². The van der Waals surface area contributed by atoms with Gasteiger partial charge in [0.15, 0.2) is 0 Å². The van der Waals surface area contributed by atoms with Crippen molar-refractivity contribution in [2.24, 2.45) is 11.1 Å². The summed E-state index contributed by atoms with van der Waals surface area (Å²) in [6.07, 6.45) is 0.606. The van der Waals surface area contributed by atoms with Gasteiger partial charge in [0.25, 0.3) is 0 Å². The molecule has 1 aromatic rings. The molecule has 134 valence electrons. The van der Waals surface area contributed by atoms with Gasteiger partial charge in [0.1, 0.15) is 4.21 Å². The topological polar surface area (TPSA) is 101 Å². The Hall–Kier alpha value is -0.670. The van der Waals surface area contributed by atoms with Crippen molar-refractivity contribution in [3.05, 3.63) is 17.0 Å². The van der Waals surface area contributed by atoms with Gasteiger partial charge in [-0.1, -0.05) is 20.8 Å². The van der Waals surface area contributed by atoms with E-state index in [0.29, 0.717) is 13.0 Å². The standard InChI is InChI=1S/C14H25N3O3S2.ClH/c1-10(9-15)17-22(19,20)12-6-5-11(21-12)7-8-16-13(18)14(2,3)4;/h5-6,10,17H,7-9,15H2,1-4H3,(H,16,18);1H/t10-;/m0./s1. The monoisotopic (exact) mass is 383 g/mol. The molecule has 0 aromatic carbocycles. The first-order valence-corrected chi connectivity index (χ1v) is 9.45. The van der Waals surface area contributed by atoms with Crippen molar-refractivity contribution in [1.82, 2.24) is 10.0 Å². The average molecular weight is 384 g/mol. The predicted octanol–water partition coefficient (Wildman–Crippen LogP) is 1.50. The molecule has 0 saturated heterocycles. The Bertz CT molecular complexity index is 609. The smallest absolute Gasteiger partial charge is 0.250 e. The van der Waals surface area contributed by atoms with Crippen LogP contribution in [0.3, 0.4) is 0 Å². The molecule has 4 N–H and O–H groups in total. The Morgan fingerprint density at radius 2 is 1.96 bits per heavy atom. The molecule has 0 aliphatic heterocycles. The lowest BCUT2D eigenvalue weighted by atomic mass is 9.96. The fourth-order valence-corrected chi connectivity index (χ4v) is 4.20. The maximum Gasteiger partial charge on any atom is 0.250 e. The van der Waals surface area contributed by atoms with Gasteiger partial charge in [0.05, 0.1) is 0 Å². The molecule has 23 heavy (non-hydrogen) atoms. The molecule has 1 amide bonds. The van der Waals surface area contributed by atoms with Gasteiger partial charge in [0, 0.05) is 29.4 Å². The number of thiophene rings is 1. The summed E-state index contributed by atoms with van der Waals surface area (Å²) < 4.78 is 27.0. The normalized spacial score (nSPS) is 13.3. The van der Waals surface area contributed by atoms with Gasteiger partial charge in [-0.2, -0.15) is 0 Å². The van der Waals surface area contributed by atoms with Gasteiger partial charge in [-0.15, -0.1) is 23.7 Å². The van der Waals surface area contributed by atoms with Crippen molar-refractivity contribution < 1.29 is 13.2 Å². The van der Waals surface area contributed by atoms with E-state index < -0.39 is 15.4 Å². The van der Waals surface area contributed by atoms with Crippen LogP contribution in [0.15, 0.2) is 16.3 Å². The zero-order chi connectivity index (χ0) is 17.0. The molecule has 0 spiro atoms. The number of sulfonamides is 1. The molecule has 0 fully saturated rings. The van der Waals surface area contributed by atoms with Crippen LogP contribution >= 0.6 is 23.7 Å². The van der Waals surface area contributed by atoms with Crippen molar-refractivity contribution in [3.63, 3.8) is 0 Å². The third-order valence-corrected chi connectivity index (χ3v) is 6.18. The number of rotatable bonds is 7. The van der Waals surface area contributed by atoms with E-state index >= 15 is 0 Å². The number of nitrogens with one attached hydrogen (secondary N) is 2. The van der Waals surface area contributed by atoms with E-state index in [0.717, 1.165) is 4.88 Å². The minimum atomic E-state index is -3.51. The van der Waals surface area contributed by atoms with E-state index in [1.807, 2.05) is 20.8 Å². The first-order valence-electron chi connectivity index (χ1n) is 7.15. The fourth-order valence-electron chi connectivity index (χ4n) is 1.57. The molecule has 0 unspecified atom stereocenters. The van der Waals surface area contributed by atoms with Crippen LogP contribution < -0.4 is 15.8 Å². The molecule has 1 heterocycles. The van der Waals surface area contributed by atoms with E-state index in [1.165, 1.54) is 11.3 Å². The minimum Gasteiger partial charge on any atom is -0.355 e. The Balaban J connectivity index is 0.00000484. The third-order valence-electron chi connectivity index (χ3n) is 2.95. The van der Waals surface area contributed by atoms with Gasteiger partial charge in [0.2, 0.25) is 15.9 Å². The molecule has 0 saturated carbocycles. The number of hydrogen-bond donors (Lipinski definition) is 3. The summed E-state index contributed by atoms with van der Waals surface area (Å²) in [4.78, 5) is 12.7. The molecule has 9 heteroatoms. The van der Waals surface area contributed by atoms with E-state index in [2.05, 4.69) is 10.0 Å². The molecule has 1 atom stereocenters. The highest BCUT2D eigenvalue weighted by Gasteiger charge is 2.21. The Morgan fingerprint density at radius 1 is 1.35 bits per heavy atom. The first-order chi connectivity index (χ1) is 10.1. The molecule has 0 radical (unpaired) electrons. The second-order valence-electron chi connectivity index (χ2n) is 6.23. The number of hydrogen-bond acceptors (Lipinski definition) is 5. The summed E-state index contributed by atoms with van der Waals surface area (Å²) >= 11 is 1.21. The zero-order valence-electron chi connectivity index (χ0n) is 13.9. The van der Waals surface area contributed by atoms with Crippen LogP contribution in [0.1, 0.15) is 32.6 Å². The Morgan fingerprint density at radius 3 is 2.48 bits per heavy atom. The number of nitrogens with two attached hydrogens (primary N) is 1. The van der Waals surface area contributed by atoms with Crippen molar-refractivity contribution in [2.75, 3.05) is 13.1 Å². The first kappa shape index (κ1) is 22.3. The number of carbonyl (C=O) groups excluding carboxylic acids is 1. The van der Waals surface area contributed by atoms with Gasteiger partial charge in [-0.25, -0.2) is 13.1 Å². The number of amides is 1. The summed E-state index contributed by atoms with van der Waals surface area (Å²) in [5, 5.41) is 2.85. The number of carbonyl (C=O) groups is 1. The molecule has 1 aromatic heterocycles. The van der Waals surface area contributed by atoms with Crippen LogP contribution in [0.25, 0.3) is 0 Å². The molecular weight excluding hydrogens is 358 g/mol. The summed E-state index contributed by atoms with van der Waals surface area (Å²) in [6, 6.07) is 3.05.